The lowest BCUT2D eigenvalue weighted by Crippen LogP contribution is -1.89. The topological polar surface area (TPSA) is 29.5 Å². The van der Waals surface area contributed by atoms with Gasteiger partial charge in [-0.2, -0.15) is 0 Å². The van der Waals surface area contributed by atoms with Crippen LogP contribution in [0.4, 0.5) is 8.78 Å². The van der Waals surface area contributed by atoms with Gasteiger partial charge in [0.1, 0.15) is 23.1 Å². The summed E-state index contributed by atoms with van der Waals surface area (Å²) in [5.74, 6) is -0.838. The Morgan fingerprint density at radius 3 is 2.47 bits per heavy atom. The fraction of sp³-hybridized carbons (Fsp3) is 0.0769. The standard InChI is InChI=1S/C13H10F2O2/c1-17-9-3-5-13(16)11(7-9)10-6-8(14)2-4-12(10)15/h2-7,16H,1H3. The first-order valence-corrected chi connectivity index (χ1v) is 4.94. The van der Waals surface area contributed by atoms with Crippen LogP contribution >= 0.6 is 0 Å². The van der Waals surface area contributed by atoms with Gasteiger partial charge in [0, 0.05) is 11.1 Å². The van der Waals surface area contributed by atoms with E-state index in [2.05, 4.69) is 0 Å². The average molecular weight is 236 g/mol. The lowest BCUT2D eigenvalue weighted by Gasteiger charge is -2.08. The molecule has 88 valence electrons. The lowest BCUT2D eigenvalue weighted by molar-refractivity contribution is 0.412. The maximum atomic E-state index is 13.6. The predicted molar refractivity (Wildman–Crippen MR) is 60.0 cm³/mol. The van der Waals surface area contributed by atoms with Crippen LogP contribution in [0.2, 0.25) is 0 Å². The molecule has 0 bridgehead atoms. The van der Waals surface area contributed by atoms with Crippen molar-refractivity contribution in [2.24, 2.45) is 0 Å². The maximum absolute atomic E-state index is 13.6. The number of hydrogen-bond acceptors (Lipinski definition) is 2. The largest absolute Gasteiger partial charge is 0.507 e. The Labute approximate surface area is 97.1 Å². The molecule has 17 heavy (non-hydrogen) atoms. The van der Waals surface area contributed by atoms with Crippen molar-refractivity contribution in [3.05, 3.63) is 48.0 Å². The minimum absolute atomic E-state index is 0.00130. The van der Waals surface area contributed by atoms with Gasteiger partial charge < -0.3 is 9.84 Å². The smallest absolute Gasteiger partial charge is 0.131 e. The number of benzene rings is 2. The molecular weight excluding hydrogens is 226 g/mol. The zero-order valence-corrected chi connectivity index (χ0v) is 9.08. The molecule has 0 heterocycles. The fourth-order valence-corrected chi connectivity index (χ4v) is 1.56. The summed E-state index contributed by atoms with van der Waals surface area (Å²) < 4.78 is 31.6. The van der Waals surface area contributed by atoms with E-state index in [9.17, 15) is 13.9 Å². The van der Waals surface area contributed by atoms with Crippen LogP contribution in [0.5, 0.6) is 11.5 Å². The summed E-state index contributed by atoms with van der Waals surface area (Å²) in [6.07, 6.45) is 0. The van der Waals surface area contributed by atoms with Gasteiger partial charge in [-0.05, 0) is 36.4 Å². The van der Waals surface area contributed by atoms with Crippen molar-refractivity contribution in [2.45, 2.75) is 0 Å². The third-order valence-electron chi connectivity index (χ3n) is 2.42. The van der Waals surface area contributed by atoms with Crippen LogP contribution in [0.15, 0.2) is 36.4 Å². The predicted octanol–water partition coefficient (Wildman–Crippen LogP) is 3.35. The number of rotatable bonds is 2. The first-order chi connectivity index (χ1) is 8.11. The number of ether oxygens (including phenoxy) is 1. The van der Waals surface area contributed by atoms with Crippen LogP contribution in [-0.4, -0.2) is 12.2 Å². The molecule has 2 aromatic rings. The van der Waals surface area contributed by atoms with Gasteiger partial charge in [-0.15, -0.1) is 0 Å². The molecule has 1 N–H and O–H groups in total. The molecule has 0 aliphatic heterocycles. The first-order valence-electron chi connectivity index (χ1n) is 4.94. The van der Waals surface area contributed by atoms with E-state index >= 15 is 0 Å². The Morgan fingerprint density at radius 1 is 1.00 bits per heavy atom. The Balaban J connectivity index is 2.62. The summed E-state index contributed by atoms with van der Waals surface area (Å²) in [4.78, 5) is 0. The van der Waals surface area contributed by atoms with E-state index in [0.717, 1.165) is 18.2 Å². The van der Waals surface area contributed by atoms with Gasteiger partial charge in [-0.25, -0.2) is 8.78 Å². The van der Waals surface area contributed by atoms with Gasteiger partial charge >= 0.3 is 0 Å². The van der Waals surface area contributed by atoms with Crippen molar-refractivity contribution in [3.63, 3.8) is 0 Å². The molecule has 2 rings (SSSR count). The van der Waals surface area contributed by atoms with Gasteiger partial charge in [0.05, 0.1) is 7.11 Å². The Kier molecular flexibility index (Phi) is 2.95. The van der Waals surface area contributed by atoms with Crippen LogP contribution in [0.25, 0.3) is 11.1 Å². The first kappa shape index (κ1) is 11.4. The highest BCUT2D eigenvalue weighted by Crippen LogP contribution is 2.34. The van der Waals surface area contributed by atoms with Gasteiger partial charge in [-0.1, -0.05) is 0 Å². The van der Waals surface area contributed by atoms with E-state index in [1.54, 1.807) is 0 Å². The molecule has 0 radical (unpaired) electrons. The summed E-state index contributed by atoms with van der Waals surface area (Å²) in [6, 6.07) is 7.44. The van der Waals surface area contributed by atoms with Crippen molar-refractivity contribution >= 4 is 0 Å². The molecule has 0 atom stereocenters. The molecule has 0 aromatic heterocycles. The molecule has 0 aliphatic rings. The zero-order chi connectivity index (χ0) is 12.4. The van der Waals surface area contributed by atoms with Crippen molar-refractivity contribution < 1.29 is 18.6 Å². The van der Waals surface area contributed by atoms with E-state index < -0.39 is 11.6 Å². The monoisotopic (exact) mass is 236 g/mol. The Morgan fingerprint density at radius 2 is 1.76 bits per heavy atom. The van der Waals surface area contributed by atoms with E-state index in [-0.39, 0.29) is 16.9 Å². The van der Waals surface area contributed by atoms with Gasteiger partial charge in [0.15, 0.2) is 0 Å². The second-order valence-electron chi connectivity index (χ2n) is 3.51. The number of hydrogen-bond donors (Lipinski definition) is 1. The lowest BCUT2D eigenvalue weighted by atomic mass is 10.0. The summed E-state index contributed by atoms with van der Waals surface area (Å²) in [5.41, 5.74) is 0.197. The molecule has 0 unspecified atom stereocenters. The van der Waals surface area contributed by atoms with Crippen LogP contribution in [-0.2, 0) is 0 Å². The third-order valence-corrected chi connectivity index (χ3v) is 2.42. The molecular formula is C13H10F2O2. The average Bonchev–Trinajstić information content (AvgIpc) is 2.33. The zero-order valence-electron chi connectivity index (χ0n) is 9.08. The summed E-state index contributed by atoms with van der Waals surface area (Å²) in [5, 5.41) is 9.65. The maximum Gasteiger partial charge on any atom is 0.131 e. The molecule has 0 saturated carbocycles. The summed E-state index contributed by atoms with van der Waals surface area (Å²) in [6.45, 7) is 0. The van der Waals surface area contributed by atoms with Gasteiger partial charge in [-0.3, -0.25) is 0 Å². The Bertz CT molecular complexity index is 553. The minimum atomic E-state index is -0.602. The molecule has 4 heteroatoms. The second-order valence-corrected chi connectivity index (χ2v) is 3.51. The highest BCUT2D eigenvalue weighted by Gasteiger charge is 2.11. The van der Waals surface area contributed by atoms with Crippen molar-refractivity contribution in [1.29, 1.82) is 0 Å². The summed E-state index contributed by atoms with van der Waals surface area (Å²) >= 11 is 0. The quantitative estimate of drug-likeness (QED) is 0.866. The highest BCUT2D eigenvalue weighted by molar-refractivity contribution is 5.72. The van der Waals surface area contributed by atoms with E-state index in [4.69, 9.17) is 4.74 Å². The van der Waals surface area contributed by atoms with E-state index in [1.807, 2.05) is 0 Å². The second kappa shape index (κ2) is 4.41. The van der Waals surface area contributed by atoms with Crippen LogP contribution in [0.3, 0.4) is 0 Å². The molecule has 0 amide bonds. The fourth-order valence-electron chi connectivity index (χ4n) is 1.56. The van der Waals surface area contributed by atoms with E-state index in [0.29, 0.717) is 5.75 Å². The number of aromatic hydroxyl groups is 1. The SMILES string of the molecule is COc1ccc(O)c(-c2cc(F)ccc2F)c1. The van der Waals surface area contributed by atoms with Crippen LogP contribution in [0.1, 0.15) is 0 Å². The number of halogens is 2. The normalized spacial score (nSPS) is 10.3. The number of phenolic OH excluding ortho intramolecular Hbond substituents is 1. The van der Waals surface area contributed by atoms with Gasteiger partial charge in [0.2, 0.25) is 0 Å². The number of phenols is 1. The molecule has 2 aromatic carbocycles. The van der Waals surface area contributed by atoms with Crippen LogP contribution in [0, 0.1) is 11.6 Å². The minimum Gasteiger partial charge on any atom is -0.507 e. The molecule has 0 fully saturated rings. The third kappa shape index (κ3) is 2.20. The molecule has 0 spiro atoms. The molecule has 0 saturated heterocycles. The van der Waals surface area contributed by atoms with Crippen molar-refractivity contribution in [3.8, 4) is 22.6 Å². The van der Waals surface area contributed by atoms with Crippen molar-refractivity contribution in [2.75, 3.05) is 7.11 Å². The highest BCUT2D eigenvalue weighted by atomic mass is 19.1. The Hall–Kier alpha value is -2.10. The number of methoxy groups -OCH3 is 1. The van der Waals surface area contributed by atoms with Crippen LogP contribution < -0.4 is 4.74 Å². The van der Waals surface area contributed by atoms with E-state index in [1.165, 1.54) is 25.3 Å². The molecule has 2 nitrogen and oxygen atoms in total. The molecule has 0 aliphatic carbocycles. The van der Waals surface area contributed by atoms with Gasteiger partial charge in [0.25, 0.3) is 0 Å². The van der Waals surface area contributed by atoms with Crippen molar-refractivity contribution in [1.82, 2.24) is 0 Å². The summed E-state index contributed by atoms with van der Waals surface area (Å²) in [7, 11) is 1.46.